The van der Waals surface area contributed by atoms with Gasteiger partial charge in [-0.1, -0.05) is 42.5 Å². The zero-order chi connectivity index (χ0) is 23.9. The fourth-order valence-corrected chi connectivity index (χ4v) is 5.08. The summed E-state index contributed by atoms with van der Waals surface area (Å²) in [5.41, 5.74) is 1.95. The number of nitrogens with zero attached hydrogens (tertiary/aromatic N) is 2. The van der Waals surface area contributed by atoms with Crippen molar-refractivity contribution >= 4 is 23.2 Å². The average Bonchev–Trinajstić information content (AvgIpc) is 3.32. The lowest BCUT2D eigenvalue weighted by Gasteiger charge is -2.37. The van der Waals surface area contributed by atoms with Crippen molar-refractivity contribution in [3.8, 4) is 5.75 Å². The van der Waals surface area contributed by atoms with Gasteiger partial charge in [-0.2, -0.15) is 0 Å². The Bertz CT molecular complexity index is 1150. The number of ether oxygens (including phenoxy) is 1. The molecule has 0 fully saturated rings. The number of fused-ring (bicyclic) bond motifs is 1. The van der Waals surface area contributed by atoms with E-state index in [2.05, 4.69) is 6.58 Å². The van der Waals surface area contributed by atoms with Gasteiger partial charge >= 0.3 is 0 Å². The number of carbonyl (C=O) groups is 2. The van der Waals surface area contributed by atoms with E-state index in [-0.39, 0.29) is 43.2 Å². The van der Waals surface area contributed by atoms with E-state index in [0.29, 0.717) is 18.8 Å². The number of carbonyl (C=O) groups excluding carboxylic acids is 2. The maximum atomic E-state index is 13.6. The Morgan fingerprint density at radius 2 is 2.00 bits per heavy atom. The Kier molecular flexibility index (Phi) is 7.75. The molecule has 2 amide bonds. The molecule has 3 aromatic rings. The third-order valence-electron chi connectivity index (χ3n) is 5.85. The summed E-state index contributed by atoms with van der Waals surface area (Å²) in [7, 11) is 0. The van der Waals surface area contributed by atoms with Gasteiger partial charge < -0.3 is 14.5 Å². The van der Waals surface area contributed by atoms with Crippen molar-refractivity contribution in [1.29, 1.82) is 0 Å². The molecule has 1 atom stereocenters. The predicted molar refractivity (Wildman–Crippen MR) is 131 cm³/mol. The summed E-state index contributed by atoms with van der Waals surface area (Å²) in [5, 5.41) is 2.02. The molecule has 2 heterocycles. The van der Waals surface area contributed by atoms with Crippen LogP contribution in [0.5, 0.6) is 5.75 Å². The fourth-order valence-electron chi connectivity index (χ4n) is 4.15. The van der Waals surface area contributed by atoms with E-state index >= 15 is 0 Å². The zero-order valence-electron chi connectivity index (χ0n) is 18.9. The molecule has 0 radical (unpaired) electrons. The molecule has 1 aromatic heterocycles. The lowest BCUT2D eigenvalue weighted by molar-refractivity contribution is -0.142. The summed E-state index contributed by atoms with van der Waals surface area (Å²) in [5.74, 6) is -0.225. The molecule has 7 heteroatoms. The van der Waals surface area contributed by atoms with Crippen LogP contribution in [-0.2, 0) is 22.4 Å². The second-order valence-corrected chi connectivity index (χ2v) is 9.15. The van der Waals surface area contributed by atoms with Crippen molar-refractivity contribution in [3.63, 3.8) is 0 Å². The third kappa shape index (κ3) is 5.72. The van der Waals surface area contributed by atoms with Gasteiger partial charge in [0.1, 0.15) is 24.7 Å². The van der Waals surface area contributed by atoms with Gasteiger partial charge in [-0.15, -0.1) is 17.9 Å². The summed E-state index contributed by atoms with van der Waals surface area (Å²) in [6.45, 7) is 4.75. The summed E-state index contributed by atoms with van der Waals surface area (Å²) < 4.78 is 19.5. The minimum atomic E-state index is -0.373. The van der Waals surface area contributed by atoms with Crippen molar-refractivity contribution in [2.75, 3.05) is 26.2 Å². The molecule has 1 aliphatic heterocycles. The average molecular weight is 479 g/mol. The van der Waals surface area contributed by atoms with Gasteiger partial charge in [0.2, 0.25) is 11.8 Å². The molecule has 0 saturated heterocycles. The quantitative estimate of drug-likeness (QED) is 0.421. The maximum Gasteiger partial charge on any atom is 0.242 e. The summed E-state index contributed by atoms with van der Waals surface area (Å²) in [6.07, 6.45) is 2.62. The summed E-state index contributed by atoms with van der Waals surface area (Å²) >= 11 is 1.66. The van der Waals surface area contributed by atoms with Crippen LogP contribution in [0.3, 0.4) is 0 Å². The van der Waals surface area contributed by atoms with E-state index in [9.17, 15) is 14.0 Å². The molecule has 0 N–H and O–H groups in total. The molecule has 5 nitrogen and oxygen atoms in total. The topological polar surface area (TPSA) is 49.9 Å². The predicted octanol–water partition coefficient (Wildman–Crippen LogP) is 4.65. The van der Waals surface area contributed by atoms with Gasteiger partial charge in [-0.25, -0.2) is 4.39 Å². The van der Waals surface area contributed by atoms with Crippen LogP contribution in [0.4, 0.5) is 4.39 Å². The minimum Gasteiger partial charge on any atom is -0.491 e. The van der Waals surface area contributed by atoms with Crippen LogP contribution >= 0.6 is 11.3 Å². The number of rotatable bonds is 9. The number of benzene rings is 2. The first kappa shape index (κ1) is 23.7. The van der Waals surface area contributed by atoms with Gasteiger partial charge in [0.05, 0.1) is 12.5 Å². The number of thiophene rings is 1. The van der Waals surface area contributed by atoms with E-state index in [1.807, 2.05) is 41.8 Å². The molecule has 0 saturated carbocycles. The van der Waals surface area contributed by atoms with E-state index < -0.39 is 0 Å². The van der Waals surface area contributed by atoms with Crippen LogP contribution in [0.15, 0.2) is 78.7 Å². The van der Waals surface area contributed by atoms with E-state index in [1.54, 1.807) is 34.4 Å². The van der Waals surface area contributed by atoms with Crippen molar-refractivity contribution in [3.05, 3.63) is 101 Å². The van der Waals surface area contributed by atoms with Crippen molar-refractivity contribution in [1.82, 2.24) is 9.80 Å². The lowest BCUT2D eigenvalue weighted by atomic mass is 10.0. The maximum absolute atomic E-state index is 13.6. The molecule has 0 bridgehead atoms. The molecule has 4 rings (SSSR count). The third-order valence-corrected chi connectivity index (χ3v) is 6.84. The van der Waals surface area contributed by atoms with Crippen molar-refractivity contribution in [2.24, 2.45) is 0 Å². The van der Waals surface area contributed by atoms with Crippen LogP contribution < -0.4 is 4.74 Å². The molecule has 176 valence electrons. The molecular weight excluding hydrogens is 451 g/mol. The molecule has 1 aliphatic rings. The normalized spacial score (nSPS) is 14.9. The highest BCUT2D eigenvalue weighted by Crippen LogP contribution is 2.34. The molecule has 34 heavy (non-hydrogen) atoms. The van der Waals surface area contributed by atoms with Crippen LogP contribution in [0.25, 0.3) is 0 Å². The van der Waals surface area contributed by atoms with E-state index in [1.165, 1.54) is 21.9 Å². The summed E-state index contributed by atoms with van der Waals surface area (Å²) in [4.78, 5) is 30.9. The molecular formula is C27H27FN2O3S. The van der Waals surface area contributed by atoms with E-state index in [0.717, 1.165) is 17.5 Å². The first-order chi connectivity index (χ1) is 16.5. The number of amides is 2. The first-order valence-electron chi connectivity index (χ1n) is 11.2. The monoisotopic (exact) mass is 478 g/mol. The molecule has 2 aromatic carbocycles. The second-order valence-electron chi connectivity index (χ2n) is 8.15. The molecule has 0 spiro atoms. The highest BCUT2D eigenvalue weighted by Gasteiger charge is 2.33. The Hall–Kier alpha value is -3.45. The zero-order valence-corrected chi connectivity index (χ0v) is 19.7. The fraction of sp³-hybridized carbons (Fsp3) is 0.259. The molecule has 0 aliphatic carbocycles. The van der Waals surface area contributed by atoms with Crippen molar-refractivity contribution in [2.45, 2.75) is 18.9 Å². The lowest BCUT2D eigenvalue weighted by Crippen LogP contribution is -2.48. The Balaban J connectivity index is 1.48. The minimum absolute atomic E-state index is 0.0341. The van der Waals surface area contributed by atoms with Gasteiger partial charge in [-0.05, 0) is 41.1 Å². The first-order valence-corrected chi connectivity index (χ1v) is 12.1. The van der Waals surface area contributed by atoms with Crippen LogP contribution in [-0.4, -0.2) is 47.9 Å². The Morgan fingerprint density at radius 1 is 1.18 bits per heavy atom. The standard InChI is InChI=1S/C27H27FN2O3S/c1-2-13-29(26(31)16-20-7-4-3-5-8-20)18-27(32)30-14-11-25-23(12-15-34-25)24(30)19-33-22-10-6-9-21(28)17-22/h2-10,12,15,17,24H,1,11,13-14,16,18-19H2/t24-/m0/s1. The Labute approximate surface area is 203 Å². The molecule has 0 unspecified atom stereocenters. The Morgan fingerprint density at radius 3 is 2.76 bits per heavy atom. The number of hydrogen-bond donors (Lipinski definition) is 0. The van der Waals surface area contributed by atoms with Gasteiger partial charge in [0.25, 0.3) is 0 Å². The van der Waals surface area contributed by atoms with Gasteiger partial charge in [0, 0.05) is 24.0 Å². The smallest absolute Gasteiger partial charge is 0.242 e. The van der Waals surface area contributed by atoms with E-state index in [4.69, 9.17) is 4.74 Å². The van der Waals surface area contributed by atoms with Gasteiger partial charge in [-0.3, -0.25) is 9.59 Å². The SMILES string of the molecule is C=CCN(CC(=O)N1CCc2sccc2[C@@H]1COc1cccc(F)c1)C(=O)Cc1ccccc1. The van der Waals surface area contributed by atoms with Crippen LogP contribution in [0.1, 0.15) is 22.0 Å². The highest BCUT2D eigenvalue weighted by molar-refractivity contribution is 7.10. The van der Waals surface area contributed by atoms with Crippen LogP contribution in [0.2, 0.25) is 0 Å². The highest BCUT2D eigenvalue weighted by atomic mass is 32.1. The van der Waals surface area contributed by atoms with Crippen LogP contribution in [0, 0.1) is 5.82 Å². The summed E-state index contributed by atoms with van der Waals surface area (Å²) in [6, 6.07) is 17.2. The number of hydrogen-bond acceptors (Lipinski definition) is 4. The number of halogens is 1. The van der Waals surface area contributed by atoms with Crippen molar-refractivity contribution < 1.29 is 18.7 Å². The largest absolute Gasteiger partial charge is 0.491 e. The second kappa shape index (κ2) is 11.1. The van der Waals surface area contributed by atoms with Gasteiger partial charge in [0.15, 0.2) is 0 Å².